The Balaban J connectivity index is 1.62. The van der Waals surface area contributed by atoms with Gasteiger partial charge in [-0.15, -0.1) is 11.3 Å². The van der Waals surface area contributed by atoms with E-state index in [-0.39, 0.29) is 11.8 Å². The number of ether oxygens (including phenoxy) is 2. The zero-order valence-corrected chi connectivity index (χ0v) is 16.1. The second kappa shape index (κ2) is 7.16. The first-order valence-corrected chi connectivity index (χ1v) is 9.66. The number of carbonyl (C=O) groups is 3. The molecule has 4 rings (SSSR count). The molecule has 1 aromatic heterocycles. The standard InChI is InChI=1S/C19H19N3O5S/c1-10(23)22-5-4-12-15(9-22)28-19(16(12)17(20)24)21-18(25)11-2-3-13-14(8-11)27-7-6-26-13/h2-3,8H,4-7,9H2,1H3,(H2,20,24)(H,21,25). The van der Waals surface area contributed by atoms with Gasteiger partial charge in [0.2, 0.25) is 5.91 Å². The summed E-state index contributed by atoms with van der Waals surface area (Å²) < 4.78 is 11.0. The molecule has 0 bridgehead atoms. The zero-order valence-electron chi connectivity index (χ0n) is 15.2. The maximum Gasteiger partial charge on any atom is 0.256 e. The number of thiophene rings is 1. The highest BCUT2D eigenvalue weighted by Crippen LogP contribution is 2.37. The molecule has 0 radical (unpaired) electrons. The molecule has 2 aliphatic heterocycles. The number of amides is 3. The predicted octanol–water partition coefficient (Wildman–Crippen LogP) is 1.78. The van der Waals surface area contributed by atoms with Crippen LogP contribution in [0.25, 0.3) is 0 Å². The van der Waals surface area contributed by atoms with E-state index in [1.807, 2.05) is 0 Å². The lowest BCUT2D eigenvalue weighted by Gasteiger charge is -2.25. The molecule has 2 aromatic rings. The Morgan fingerprint density at radius 2 is 1.93 bits per heavy atom. The topological polar surface area (TPSA) is 111 Å². The molecule has 0 unspecified atom stereocenters. The van der Waals surface area contributed by atoms with Crippen molar-refractivity contribution in [1.82, 2.24) is 4.90 Å². The molecule has 2 aliphatic rings. The third kappa shape index (κ3) is 3.29. The van der Waals surface area contributed by atoms with Gasteiger partial charge in [0.25, 0.3) is 11.8 Å². The van der Waals surface area contributed by atoms with Gasteiger partial charge in [-0.1, -0.05) is 0 Å². The fourth-order valence-corrected chi connectivity index (χ4v) is 4.64. The van der Waals surface area contributed by atoms with E-state index in [1.54, 1.807) is 23.1 Å². The summed E-state index contributed by atoms with van der Waals surface area (Å²) in [6.07, 6.45) is 0.531. The summed E-state index contributed by atoms with van der Waals surface area (Å²) >= 11 is 1.28. The van der Waals surface area contributed by atoms with Crippen LogP contribution in [0.2, 0.25) is 0 Å². The molecule has 0 aliphatic carbocycles. The molecular formula is C19H19N3O5S. The first kappa shape index (κ1) is 18.3. The summed E-state index contributed by atoms with van der Waals surface area (Å²) in [6, 6.07) is 4.93. The quantitative estimate of drug-likeness (QED) is 0.814. The van der Waals surface area contributed by atoms with Gasteiger partial charge < -0.3 is 25.4 Å². The SMILES string of the molecule is CC(=O)N1CCc2c(sc(NC(=O)c3ccc4c(c3)OCCO4)c2C(N)=O)C1. The fraction of sp³-hybridized carbons (Fsp3) is 0.316. The van der Waals surface area contributed by atoms with Gasteiger partial charge in [0.15, 0.2) is 11.5 Å². The number of fused-ring (bicyclic) bond motifs is 2. The number of nitrogens with zero attached hydrogens (tertiary/aromatic N) is 1. The summed E-state index contributed by atoms with van der Waals surface area (Å²) in [6.45, 7) is 3.34. The number of nitrogens with two attached hydrogens (primary N) is 1. The van der Waals surface area contributed by atoms with Crippen molar-refractivity contribution in [3.63, 3.8) is 0 Å². The van der Waals surface area contributed by atoms with Crippen LogP contribution in [0.5, 0.6) is 11.5 Å². The summed E-state index contributed by atoms with van der Waals surface area (Å²) in [5.74, 6) is 0.113. The minimum absolute atomic E-state index is 0.0264. The number of hydrogen-bond acceptors (Lipinski definition) is 6. The number of primary amides is 1. The van der Waals surface area contributed by atoms with Crippen molar-refractivity contribution >= 4 is 34.1 Å². The molecule has 0 atom stereocenters. The van der Waals surface area contributed by atoms with E-state index >= 15 is 0 Å². The lowest BCUT2D eigenvalue weighted by atomic mass is 10.0. The van der Waals surface area contributed by atoms with Crippen molar-refractivity contribution in [1.29, 1.82) is 0 Å². The van der Waals surface area contributed by atoms with Crippen molar-refractivity contribution in [2.45, 2.75) is 19.9 Å². The van der Waals surface area contributed by atoms with Gasteiger partial charge in [0, 0.05) is 23.9 Å². The van der Waals surface area contributed by atoms with Crippen LogP contribution in [0.15, 0.2) is 18.2 Å². The van der Waals surface area contributed by atoms with Crippen molar-refractivity contribution in [2.24, 2.45) is 5.73 Å². The molecule has 146 valence electrons. The lowest BCUT2D eigenvalue weighted by molar-refractivity contribution is -0.129. The van der Waals surface area contributed by atoms with Crippen LogP contribution < -0.4 is 20.5 Å². The van der Waals surface area contributed by atoms with Gasteiger partial charge in [-0.25, -0.2) is 0 Å². The van der Waals surface area contributed by atoms with E-state index in [0.717, 1.165) is 10.4 Å². The molecule has 0 fully saturated rings. The monoisotopic (exact) mass is 401 g/mol. The van der Waals surface area contributed by atoms with Gasteiger partial charge >= 0.3 is 0 Å². The second-order valence-electron chi connectivity index (χ2n) is 6.58. The van der Waals surface area contributed by atoms with Crippen molar-refractivity contribution in [3.05, 3.63) is 39.8 Å². The molecule has 1 aromatic carbocycles. The van der Waals surface area contributed by atoms with Crippen LogP contribution >= 0.6 is 11.3 Å². The van der Waals surface area contributed by atoms with Crippen LogP contribution in [0.3, 0.4) is 0 Å². The maximum absolute atomic E-state index is 12.7. The molecule has 3 amide bonds. The molecule has 28 heavy (non-hydrogen) atoms. The average molecular weight is 401 g/mol. The van der Waals surface area contributed by atoms with Gasteiger partial charge in [-0.3, -0.25) is 14.4 Å². The van der Waals surface area contributed by atoms with E-state index in [4.69, 9.17) is 15.2 Å². The van der Waals surface area contributed by atoms with E-state index in [0.29, 0.717) is 60.4 Å². The highest BCUT2D eigenvalue weighted by atomic mass is 32.1. The lowest BCUT2D eigenvalue weighted by Crippen LogP contribution is -2.34. The Kier molecular flexibility index (Phi) is 4.68. The minimum Gasteiger partial charge on any atom is -0.486 e. The molecule has 3 N–H and O–H groups in total. The Morgan fingerprint density at radius 3 is 2.64 bits per heavy atom. The van der Waals surface area contributed by atoms with Crippen LogP contribution in [-0.4, -0.2) is 42.4 Å². The Hall–Kier alpha value is -3.07. The zero-order chi connectivity index (χ0) is 19.8. The Labute approximate surface area is 165 Å². The first-order valence-electron chi connectivity index (χ1n) is 8.85. The van der Waals surface area contributed by atoms with Crippen LogP contribution in [0.4, 0.5) is 5.00 Å². The predicted molar refractivity (Wildman–Crippen MR) is 103 cm³/mol. The van der Waals surface area contributed by atoms with Gasteiger partial charge in [0.1, 0.15) is 18.2 Å². The van der Waals surface area contributed by atoms with E-state index in [1.165, 1.54) is 18.3 Å². The average Bonchev–Trinajstić information content (AvgIpc) is 3.04. The van der Waals surface area contributed by atoms with Gasteiger partial charge in [-0.2, -0.15) is 0 Å². The normalized spacial score (nSPS) is 15.0. The van der Waals surface area contributed by atoms with Crippen LogP contribution in [0, 0.1) is 0 Å². The van der Waals surface area contributed by atoms with E-state index in [2.05, 4.69) is 5.32 Å². The molecular weight excluding hydrogens is 382 g/mol. The molecule has 8 nitrogen and oxygen atoms in total. The fourth-order valence-electron chi connectivity index (χ4n) is 3.38. The van der Waals surface area contributed by atoms with Crippen LogP contribution in [-0.2, 0) is 17.8 Å². The van der Waals surface area contributed by atoms with E-state index < -0.39 is 5.91 Å². The molecule has 9 heteroatoms. The molecule has 0 saturated heterocycles. The highest BCUT2D eigenvalue weighted by Gasteiger charge is 2.29. The van der Waals surface area contributed by atoms with Gasteiger partial charge in [0.05, 0.1) is 12.1 Å². The first-order chi connectivity index (χ1) is 13.4. The van der Waals surface area contributed by atoms with E-state index in [9.17, 15) is 14.4 Å². The number of carbonyl (C=O) groups excluding carboxylic acids is 3. The summed E-state index contributed by atoms with van der Waals surface area (Å²) in [4.78, 5) is 39.0. The summed E-state index contributed by atoms with van der Waals surface area (Å²) in [5, 5.41) is 3.20. The third-order valence-corrected chi connectivity index (χ3v) is 5.91. The summed E-state index contributed by atoms with van der Waals surface area (Å²) in [5.41, 5.74) is 7.11. The minimum atomic E-state index is -0.591. The molecule has 0 saturated carbocycles. The van der Waals surface area contributed by atoms with Crippen molar-refractivity contribution in [2.75, 3.05) is 25.1 Å². The van der Waals surface area contributed by atoms with Crippen molar-refractivity contribution in [3.8, 4) is 11.5 Å². The number of nitrogens with one attached hydrogen (secondary N) is 1. The van der Waals surface area contributed by atoms with Crippen LogP contribution in [0.1, 0.15) is 38.1 Å². The Morgan fingerprint density at radius 1 is 1.18 bits per heavy atom. The largest absolute Gasteiger partial charge is 0.486 e. The second-order valence-corrected chi connectivity index (χ2v) is 7.68. The van der Waals surface area contributed by atoms with Crippen molar-refractivity contribution < 1.29 is 23.9 Å². The van der Waals surface area contributed by atoms with Gasteiger partial charge in [-0.05, 0) is 30.2 Å². The smallest absolute Gasteiger partial charge is 0.256 e. The number of rotatable bonds is 3. The molecule has 0 spiro atoms. The third-order valence-electron chi connectivity index (χ3n) is 4.78. The highest BCUT2D eigenvalue weighted by molar-refractivity contribution is 7.17. The number of benzene rings is 1. The molecule has 3 heterocycles. The Bertz CT molecular complexity index is 984. The summed E-state index contributed by atoms with van der Waals surface area (Å²) in [7, 11) is 0. The number of hydrogen-bond donors (Lipinski definition) is 2. The number of anilines is 1. The maximum atomic E-state index is 12.7.